The fourth-order valence-corrected chi connectivity index (χ4v) is 3.89. The second kappa shape index (κ2) is 7.96. The monoisotopic (exact) mass is 494 g/mol. The van der Waals surface area contributed by atoms with Gasteiger partial charge < -0.3 is 28.5 Å². The van der Waals surface area contributed by atoms with Crippen molar-refractivity contribution in [2.45, 2.75) is 82.0 Å². The van der Waals surface area contributed by atoms with E-state index in [1.807, 2.05) is 0 Å². The zero-order valence-corrected chi connectivity index (χ0v) is 20.5. The smallest absolute Gasteiger partial charge is 0.341 e. The predicted molar refractivity (Wildman–Crippen MR) is 121 cm³/mol. The normalized spacial score (nSPS) is 29.8. The molecule has 3 heterocycles. The largest absolute Gasteiger partial charge is 0.483 e. The molecule has 9 nitrogen and oxygen atoms in total. The summed E-state index contributed by atoms with van der Waals surface area (Å²) in [7, 11) is 0. The first-order chi connectivity index (χ1) is 15.7. The van der Waals surface area contributed by atoms with Crippen LogP contribution in [0.1, 0.15) is 53.2 Å². The maximum Gasteiger partial charge on any atom is 0.341 e. The number of fused-ring (bicyclic) bond motifs is 2. The highest BCUT2D eigenvalue weighted by Gasteiger charge is 2.60. The molecule has 2 aliphatic rings. The van der Waals surface area contributed by atoms with Crippen LogP contribution in [-0.4, -0.2) is 51.4 Å². The average Bonchev–Trinajstić information content (AvgIpc) is 3.36. The summed E-state index contributed by atoms with van der Waals surface area (Å²) in [6.07, 6.45) is -2.59. The van der Waals surface area contributed by atoms with E-state index in [4.69, 9.17) is 35.0 Å². The van der Waals surface area contributed by atoms with Gasteiger partial charge >= 0.3 is 17.6 Å². The number of epoxide rings is 1. The molecule has 1 fully saturated rings. The van der Waals surface area contributed by atoms with Gasteiger partial charge in [0.2, 0.25) is 0 Å². The van der Waals surface area contributed by atoms with E-state index in [0.717, 1.165) is 0 Å². The van der Waals surface area contributed by atoms with Crippen molar-refractivity contribution >= 4 is 34.5 Å². The molecule has 0 saturated carbocycles. The van der Waals surface area contributed by atoms with E-state index in [2.05, 4.69) is 0 Å². The Bertz CT molecular complexity index is 1210. The first-order valence-corrected chi connectivity index (χ1v) is 11.3. The van der Waals surface area contributed by atoms with Crippen LogP contribution in [0.15, 0.2) is 33.5 Å². The molecule has 0 amide bonds. The molecular weight excluding hydrogens is 468 g/mol. The standard InChI is InChI=1S/C24H27ClO9/c1-11(25)23(5,29)20(27)31-18-14-9-13-7-8-17(26)30-15(13)10-16(14)34-22(3,4)19(18)32-21(28)24(6)12(2)33-24/h7-12,18-19,29H,1-6H3/t11-,12+,18+,19+,23-,24-/m0/s1. The molecule has 6 atom stereocenters. The van der Waals surface area contributed by atoms with Crippen molar-refractivity contribution in [3.05, 3.63) is 40.2 Å². The third-order valence-electron chi connectivity index (χ3n) is 6.59. The van der Waals surface area contributed by atoms with Crippen LogP contribution < -0.4 is 10.4 Å². The number of rotatable bonds is 5. The minimum atomic E-state index is -2.01. The van der Waals surface area contributed by atoms with Crippen molar-refractivity contribution in [3.8, 4) is 5.75 Å². The van der Waals surface area contributed by atoms with Crippen molar-refractivity contribution < 1.29 is 38.1 Å². The van der Waals surface area contributed by atoms with Gasteiger partial charge in [0, 0.05) is 23.1 Å². The van der Waals surface area contributed by atoms with Crippen LogP contribution in [0, 0.1) is 0 Å². The third-order valence-corrected chi connectivity index (χ3v) is 7.02. The van der Waals surface area contributed by atoms with Crippen LogP contribution in [-0.2, 0) is 23.8 Å². The fraction of sp³-hybridized carbons (Fsp3) is 0.542. The fourth-order valence-electron chi connectivity index (χ4n) is 3.80. The second-order valence-electron chi connectivity index (χ2n) is 9.67. The van der Waals surface area contributed by atoms with Gasteiger partial charge in [0.1, 0.15) is 16.9 Å². The maximum atomic E-state index is 13.0. The molecule has 184 valence electrons. The highest BCUT2D eigenvalue weighted by atomic mass is 35.5. The van der Waals surface area contributed by atoms with E-state index < -0.39 is 52.0 Å². The predicted octanol–water partition coefficient (Wildman–Crippen LogP) is 3.02. The zero-order chi connectivity index (χ0) is 25.2. The van der Waals surface area contributed by atoms with Gasteiger partial charge in [0.25, 0.3) is 0 Å². The van der Waals surface area contributed by atoms with E-state index in [1.54, 1.807) is 39.8 Å². The molecule has 0 radical (unpaired) electrons. The van der Waals surface area contributed by atoms with Gasteiger partial charge in [0.05, 0.1) is 11.5 Å². The molecule has 4 rings (SSSR count). The average molecular weight is 495 g/mol. The van der Waals surface area contributed by atoms with Crippen LogP contribution in [0.25, 0.3) is 11.0 Å². The minimum Gasteiger partial charge on any atom is -0.483 e. The Balaban J connectivity index is 1.81. The summed E-state index contributed by atoms with van der Waals surface area (Å²) >= 11 is 6.02. The molecule has 10 heteroatoms. The number of alkyl halides is 1. The van der Waals surface area contributed by atoms with Gasteiger partial charge in [-0.1, -0.05) is 0 Å². The first-order valence-electron chi connectivity index (χ1n) is 10.9. The number of aliphatic hydroxyl groups is 1. The zero-order valence-electron chi connectivity index (χ0n) is 19.7. The molecule has 1 N–H and O–H groups in total. The van der Waals surface area contributed by atoms with Crippen molar-refractivity contribution in [1.82, 2.24) is 0 Å². The van der Waals surface area contributed by atoms with Gasteiger partial charge in [0.15, 0.2) is 23.4 Å². The molecule has 1 aromatic heterocycles. The Morgan fingerprint density at radius 3 is 2.44 bits per heavy atom. The van der Waals surface area contributed by atoms with Crippen LogP contribution in [0.5, 0.6) is 5.75 Å². The lowest BCUT2D eigenvalue weighted by atomic mass is 9.87. The number of hydrogen-bond acceptors (Lipinski definition) is 9. The molecule has 0 aliphatic carbocycles. The summed E-state index contributed by atoms with van der Waals surface area (Å²) < 4.78 is 28.4. The molecule has 2 aliphatic heterocycles. The summed E-state index contributed by atoms with van der Waals surface area (Å²) in [6.45, 7) is 9.40. The Labute approximate surface area is 200 Å². The van der Waals surface area contributed by atoms with Gasteiger partial charge in [-0.2, -0.15) is 0 Å². The number of hydrogen-bond donors (Lipinski definition) is 1. The summed E-state index contributed by atoms with van der Waals surface area (Å²) in [5.41, 5.74) is -4.19. The van der Waals surface area contributed by atoms with Crippen molar-refractivity contribution in [2.75, 3.05) is 0 Å². The highest BCUT2D eigenvalue weighted by Crippen LogP contribution is 2.47. The van der Waals surface area contributed by atoms with E-state index in [9.17, 15) is 19.5 Å². The summed E-state index contributed by atoms with van der Waals surface area (Å²) in [4.78, 5) is 37.6. The first kappa shape index (κ1) is 24.5. The number of halogens is 1. The van der Waals surface area contributed by atoms with Crippen LogP contribution in [0.3, 0.4) is 0 Å². The summed E-state index contributed by atoms with van der Waals surface area (Å²) in [5.74, 6) is -1.35. The molecule has 0 bridgehead atoms. The van der Waals surface area contributed by atoms with Crippen LogP contribution >= 0.6 is 11.6 Å². The van der Waals surface area contributed by atoms with Crippen molar-refractivity contribution in [1.29, 1.82) is 0 Å². The number of benzene rings is 1. The van der Waals surface area contributed by atoms with Crippen LogP contribution in [0.2, 0.25) is 0 Å². The Morgan fingerprint density at radius 2 is 1.85 bits per heavy atom. The molecule has 2 aromatic rings. The Kier molecular flexibility index (Phi) is 5.74. The van der Waals surface area contributed by atoms with E-state index in [1.165, 1.54) is 26.0 Å². The van der Waals surface area contributed by atoms with E-state index in [-0.39, 0.29) is 17.4 Å². The topological polar surface area (TPSA) is 125 Å². The Hall–Kier alpha value is -2.62. The third kappa shape index (κ3) is 4.06. The molecule has 0 unspecified atom stereocenters. The van der Waals surface area contributed by atoms with Gasteiger partial charge in [-0.05, 0) is 53.7 Å². The number of carbonyl (C=O) groups is 2. The molecule has 0 spiro atoms. The lowest BCUT2D eigenvalue weighted by molar-refractivity contribution is -0.201. The molecule has 34 heavy (non-hydrogen) atoms. The Morgan fingerprint density at radius 1 is 1.21 bits per heavy atom. The SMILES string of the molecule is C[C@H](Cl)[C@](C)(O)C(=O)O[C@@H]1c2cc3ccc(=O)oc3cc2OC(C)(C)[C@@H]1OC(=O)[C@@]1(C)O[C@@H]1C. The second-order valence-corrected chi connectivity index (χ2v) is 10.3. The number of ether oxygens (including phenoxy) is 4. The molecule has 1 aromatic carbocycles. The summed E-state index contributed by atoms with van der Waals surface area (Å²) in [6, 6.07) is 5.95. The van der Waals surface area contributed by atoms with Gasteiger partial charge in [-0.25, -0.2) is 14.4 Å². The van der Waals surface area contributed by atoms with Crippen molar-refractivity contribution in [3.63, 3.8) is 0 Å². The summed E-state index contributed by atoms with van der Waals surface area (Å²) in [5, 5.41) is 10.2. The minimum absolute atomic E-state index is 0.275. The number of carbonyl (C=O) groups excluding carboxylic acids is 2. The van der Waals surface area contributed by atoms with Crippen LogP contribution in [0.4, 0.5) is 0 Å². The molecule has 1 saturated heterocycles. The van der Waals surface area contributed by atoms with E-state index in [0.29, 0.717) is 10.9 Å². The quantitative estimate of drug-likeness (QED) is 0.289. The lowest BCUT2D eigenvalue weighted by Crippen LogP contribution is -2.54. The maximum absolute atomic E-state index is 13.0. The van der Waals surface area contributed by atoms with Gasteiger partial charge in [-0.3, -0.25) is 0 Å². The van der Waals surface area contributed by atoms with Crippen molar-refractivity contribution in [2.24, 2.45) is 0 Å². The molecular formula is C24H27ClO9. The lowest BCUT2D eigenvalue weighted by Gasteiger charge is -2.44. The number of esters is 2. The van der Waals surface area contributed by atoms with Gasteiger partial charge in [-0.15, -0.1) is 11.6 Å². The van der Waals surface area contributed by atoms with E-state index >= 15 is 0 Å². The highest BCUT2D eigenvalue weighted by molar-refractivity contribution is 6.22.